The molecule has 1 aromatic carbocycles. The Kier molecular flexibility index (Phi) is 4.43. The van der Waals surface area contributed by atoms with Crippen LogP contribution in [0.5, 0.6) is 0 Å². The van der Waals surface area contributed by atoms with Gasteiger partial charge >= 0.3 is 0 Å². The first kappa shape index (κ1) is 16.7. The molecule has 0 N–H and O–H groups in total. The van der Waals surface area contributed by atoms with Gasteiger partial charge in [-0.15, -0.1) is 0 Å². The molecule has 0 saturated heterocycles. The van der Waals surface area contributed by atoms with Crippen molar-refractivity contribution in [3.8, 4) is 11.3 Å². The molecule has 0 aliphatic rings. The number of aromatic nitrogens is 3. The van der Waals surface area contributed by atoms with Crippen LogP contribution in [0.2, 0.25) is 5.02 Å². The fraction of sp³-hybridized carbons (Fsp3) is 0.190. The van der Waals surface area contributed by atoms with E-state index in [1.165, 1.54) is 0 Å². The first-order chi connectivity index (χ1) is 12.8. The summed E-state index contributed by atoms with van der Waals surface area (Å²) in [6.07, 6.45) is 6.32. The summed E-state index contributed by atoms with van der Waals surface area (Å²) in [6, 6.07) is 11.8. The van der Waals surface area contributed by atoms with Crippen LogP contribution in [0.4, 0.5) is 0 Å². The third-order valence-corrected chi connectivity index (χ3v) is 5.05. The number of unbranched alkanes of at least 4 members (excludes halogenated alkanes) is 1. The van der Waals surface area contributed by atoms with E-state index in [4.69, 9.17) is 16.6 Å². The molecule has 3 heterocycles. The van der Waals surface area contributed by atoms with Crippen LogP contribution in [0.25, 0.3) is 33.2 Å². The number of aldehydes is 1. The molecular weight excluding hydrogens is 346 g/mol. The van der Waals surface area contributed by atoms with E-state index in [-0.39, 0.29) is 0 Å². The molecule has 130 valence electrons. The van der Waals surface area contributed by atoms with Gasteiger partial charge in [0, 0.05) is 35.3 Å². The second-order valence-electron chi connectivity index (χ2n) is 6.27. The molecule has 0 amide bonds. The minimum atomic E-state index is 0.408. The quantitative estimate of drug-likeness (QED) is 0.439. The summed E-state index contributed by atoms with van der Waals surface area (Å²) in [5, 5.41) is 2.32. The van der Waals surface area contributed by atoms with Crippen LogP contribution in [0.3, 0.4) is 0 Å². The normalized spacial score (nSPS) is 11.3. The molecule has 0 spiro atoms. The highest BCUT2D eigenvalue weighted by Crippen LogP contribution is 2.38. The number of fused-ring (bicyclic) bond motifs is 3. The van der Waals surface area contributed by atoms with E-state index in [0.717, 1.165) is 53.2 Å². The summed E-state index contributed by atoms with van der Waals surface area (Å²) in [6.45, 7) is 3.02. The summed E-state index contributed by atoms with van der Waals surface area (Å²) >= 11 is 6.72. The van der Waals surface area contributed by atoms with Crippen LogP contribution in [0.15, 0.2) is 48.8 Å². The molecule has 5 heteroatoms. The van der Waals surface area contributed by atoms with Gasteiger partial charge in [-0.25, -0.2) is 4.98 Å². The zero-order chi connectivity index (χ0) is 18.1. The molecule has 0 saturated carbocycles. The Bertz CT molecular complexity index is 1100. The molecule has 0 aliphatic carbocycles. The van der Waals surface area contributed by atoms with E-state index in [1.807, 2.05) is 30.3 Å². The van der Waals surface area contributed by atoms with Crippen molar-refractivity contribution in [2.45, 2.75) is 26.3 Å². The Balaban J connectivity index is 2.13. The van der Waals surface area contributed by atoms with Gasteiger partial charge in [0.05, 0.1) is 21.8 Å². The van der Waals surface area contributed by atoms with E-state index < -0.39 is 0 Å². The third kappa shape index (κ3) is 2.58. The van der Waals surface area contributed by atoms with Gasteiger partial charge in [-0.05, 0) is 24.6 Å². The van der Waals surface area contributed by atoms with Gasteiger partial charge in [-0.3, -0.25) is 9.78 Å². The lowest BCUT2D eigenvalue weighted by molar-refractivity contribution is 0.112. The lowest BCUT2D eigenvalue weighted by atomic mass is 10.1. The first-order valence-electron chi connectivity index (χ1n) is 8.72. The summed E-state index contributed by atoms with van der Waals surface area (Å²) in [7, 11) is 0. The number of rotatable bonds is 5. The molecule has 0 bridgehead atoms. The van der Waals surface area contributed by atoms with E-state index >= 15 is 0 Å². The van der Waals surface area contributed by atoms with Gasteiger partial charge in [0.1, 0.15) is 5.65 Å². The molecule has 0 fully saturated rings. The SMILES string of the molecule is CCCCn1c2ccccc2c2c(Cl)c(C=O)c(-c3cccnc3)nc21. The van der Waals surface area contributed by atoms with Crippen molar-refractivity contribution >= 4 is 39.8 Å². The van der Waals surface area contributed by atoms with Crippen molar-refractivity contribution in [1.82, 2.24) is 14.5 Å². The number of carbonyl (C=O) groups excluding carboxylic acids is 1. The van der Waals surface area contributed by atoms with Crippen molar-refractivity contribution in [3.05, 3.63) is 59.4 Å². The van der Waals surface area contributed by atoms with Crippen molar-refractivity contribution in [2.75, 3.05) is 0 Å². The lowest BCUT2D eigenvalue weighted by Gasteiger charge is -2.10. The molecule has 0 atom stereocenters. The fourth-order valence-electron chi connectivity index (χ4n) is 3.40. The summed E-state index contributed by atoms with van der Waals surface area (Å²) in [5.74, 6) is 0. The second kappa shape index (κ2) is 6.89. The summed E-state index contributed by atoms with van der Waals surface area (Å²) in [5.41, 5.74) is 3.67. The Morgan fingerprint density at radius 1 is 1.19 bits per heavy atom. The monoisotopic (exact) mass is 363 g/mol. The standard InChI is InChI=1S/C21H18ClN3O/c1-2-3-11-25-17-9-5-4-8-15(17)18-19(22)16(13-26)20(24-21(18)25)14-7-6-10-23-12-14/h4-10,12-13H,2-3,11H2,1H3. The van der Waals surface area contributed by atoms with Gasteiger partial charge in [-0.2, -0.15) is 0 Å². The highest BCUT2D eigenvalue weighted by atomic mass is 35.5. The molecule has 26 heavy (non-hydrogen) atoms. The summed E-state index contributed by atoms with van der Waals surface area (Å²) < 4.78 is 2.20. The number of hydrogen-bond donors (Lipinski definition) is 0. The number of benzene rings is 1. The second-order valence-corrected chi connectivity index (χ2v) is 6.65. The Labute approximate surface area is 156 Å². The Morgan fingerprint density at radius 2 is 2.04 bits per heavy atom. The molecule has 0 aliphatic heterocycles. The van der Waals surface area contributed by atoms with Gasteiger partial charge in [0.2, 0.25) is 0 Å². The van der Waals surface area contributed by atoms with E-state index in [9.17, 15) is 4.79 Å². The molecule has 3 aromatic heterocycles. The van der Waals surface area contributed by atoms with Crippen molar-refractivity contribution in [3.63, 3.8) is 0 Å². The Hall–Kier alpha value is -2.72. The van der Waals surface area contributed by atoms with Crippen LogP contribution in [0.1, 0.15) is 30.1 Å². The number of pyridine rings is 2. The number of halogens is 1. The van der Waals surface area contributed by atoms with Crippen LogP contribution in [0, 0.1) is 0 Å². The molecular formula is C21H18ClN3O. The zero-order valence-corrected chi connectivity index (χ0v) is 15.2. The number of hydrogen-bond acceptors (Lipinski definition) is 3. The minimum absolute atomic E-state index is 0.408. The van der Waals surface area contributed by atoms with Crippen LogP contribution in [-0.2, 0) is 6.54 Å². The first-order valence-corrected chi connectivity index (χ1v) is 9.10. The third-order valence-electron chi connectivity index (χ3n) is 4.66. The Morgan fingerprint density at radius 3 is 2.77 bits per heavy atom. The average molecular weight is 364 g/mol. The van der Waals surface area contributed by atoms with E-state index in [2.05, 4.69) is 22.5 Å². The van der Waals surface area contributed by atoms with Gasteiger partial charge in [-0.1, -0.05) is 43.1 Å². The van der Waals surface area contributed by atoms with E-state index in [1.54, 1.807) is 12.4 Å². The molecule has 4 nitrogen and oxygen atoms in total. The highest BCUT2D eigenvalue weighted by molar-refractivity contribution is 6.40. The number of aryl methyl sites for hydroxylation is 1. The largest absolute Gasteiger partial charge is 0.325 e. The fourth-order valence-corrected chi connectivity index (χ4v) is 3.72. The van der Waals surface area contributed by atoms with Gasteiger partial charge in [0.25, 0.3) is 0 Å². The average Bonchev–Trinajstić information content (AvgIpc) is 3.00. The number of nitrogens with zero attached hydrogens (tertiary/aromatic N) is 3. The summed E-state index contributed by atoms with van der Waals surface area (Å²) in [4.78, 5) is 20.9. The zero-order valence-electron chi connectivity index (χ0n) is 14.4. The predicted octanol–water partition coefficient (Wildman–Crippen LogP) is 5.52. The molecule has 4 aromatic rings. The van der Waals surface area contributed by atoms with Gasteiger partial charge < -0.3 is 4.57 Å². The topological polar surface area (TPSA) is 47.8 Å². The number of carbonyl (C=O) groups is 1. The van der Waals surface area contributed by atoms with Crippen molar-refractivity contribution in [2.24, 2.45) is 0 Å². The number of para-hydroxylation sites is 1. The lowest BCUT2D eigenvalue weighted by Crippen LogP contribution is -2.01. The van der Waals surface area contributed by atoms with Crippen molar-refractivity contribution in [1.29, 1.82) is 0 Å². The molecule has 4 rings (SSSR count). The molecule has 0 unspecified atom stereocenters. The maximum absolute atomic E-state index is 11.8. The smallest absolute Gasteiger partial charge is 0.153 e. The van der Waals surface area contributed by atoms with Crippen LogP contribution in [-0.4, -0.2) is 20.8 Å². The maximum atomic E-state index is 11.8. The highest BCUT2D eigenvalue weighted by Gasteiger charge is 2.21. The predicted molar refractivity (Wildman–Crippen MR) is 106 cm³/mol. The van der Waals surface area contributed by atoms with Crippen LogP contribution >= 0.6 is 11.6 Å². The molecule has 0 radical (unpaired) electrons. The van der Waals surface area contributed by atoms with Crippen LogP contribution < -0.4 is 0 Å². The van der Waals surface area contributed by atoms with Crippen molar-refractivity contribution < 1.29 is 4.79 Å². The minimum Gasteiger partial charge on any atom is -0.325 e. The van der Waals surface area contributed by atoms with Gasteiger partial charge in [0.15, 0.2) is 6.29 Å². The van der Waals surface area contributed by atoms with E-state index in [0.29, 0.717) is 16.3 Å². The maximum Gasteiger partial charge on any atom is 0.153 e.